The second-order valence-corrected chi connectivity index (χ2v) is 12.3. The van der Waals surface area contributed by atoms with Gasteiger partial charge in [-0.05, 0) is 62.2 Å². The molecule has 220 valence electrons. The molecule has 1 aliphatic carbocycles. The SMILES string of the molecule is CC(C)CCOC(=O)C1CC(C(=O)OCCC(C)C)C(C(=O)OCCC(C)C)CC1C(=O)OCCC(C)C. The molecule has 1 fully saturated rings. The summed E-state index contributed by atoms with van der Waals surface area (Å²) in [5, 5.41) is 0. The maximum Gasteiger partial charge on any atom is 0.309 e. The molecule has 4 atom stereocenters. The van der Waals surface area contributed by atoms with Gasteiger partial charge in [0.2, 0.25) is 0 Å². The Morgan fingerprint density at radius 2 is 0.632 bits per heavy atom. The van der Waals surface area contributed by atoms with E-state index in [-0.39, 0.29) is 39.3 Å². The molecule has 8 heteroatoms. The topological polar surface area (TPSA) is 105 Å². The number of carbonyl (C=O) groups excluding carboxylic acids is 4. The van der Waals surface area contributed by atoms with E-state index >= 15 is 0 Å². The average molecular weight is 541 g/mol. The van der Waals surface area contributed by atoms with E-state index in [4.69, 9.17) is 18.9 Å². The van der Waals surface area contributed by atoms with Crippen LogP contribution in [0.2, 0.25) is 0 Å². The Balaban J connectivity index is 3.17. The third-order valence-corrected chi connectivity index (χ3v) is 6.96. The van der Waals surface area contributed by atoms with Crippen LogP contribution in [0, 0.1) is 47.3 Å². The first-order valence-electron chi connectivity index (χ1n) is 14.5. The summed E-state index contributed by atoms with van der Waals surface area (Å²) in [5.41, 5.74) is 0. The van der Waals surface area contributed by atoms with Gasteiger partial charge in [0.1, 0.15) is 0 Å². The highest BCUT2D eigenvalue weighted by Crippen LogP contribution is 2.41. The molecule has 0 amide bonds. The Hall–Kier alpha value is -2.12. The summed E-state index contributed by atoms with van der Waals surface area (Å²) in [7, 11) is 0. The molecule has 0 N–H and O–H groups in total. The zero-order chi connectivity index (χ0) is 28.8. The minimum absolute atomic E-state index is 0.0189. The molecule has 4 unspecified atom stereocenters. The van der Waals surface area contributed by atoms with Crippen LogP contribution in [0.1, 0.15) is 93.9 Å². The number of ether oxygens (including phenoxy) is 4. The van der Waals surface area contributed by atoms with Gasteiger partial charge in [-0.1, -0.05) is 55.4 Å². The van der Waals surface area contributed by atoms with Gasteiger partial charge >= 0.3 is 23.9 Å². The number of carbonyl (C=O) groups is 4. The summed E-state index contributed by atoms with van der Waals surface area (Å²) < 4.78 is 22.1. The van der Waals surface area contributed by atoms with E-state index in [2.05, 4.69) is 0 Å². The molecule has 38 heavy (non-hydrogen) atoms. The first-order chi connectivity index (χ1) is 17.8. The van der Waals surface area contributed by atoms with E-state index in [0.717, 1.165) is 0 Å². The third-order valence-electron chi connectivity index (χ3n) is 6.96. The molecule has 0 aromatic heterocycles. The standard InChI is InChI=1S/C30H52O8/c1-19(2)9-13-35-27(31)23-17-25(29(33)37-15-11-21(5)6)26(30(34)38-16-12-22(7)8)18-24(23)28(32)36-14-10-20(3)4/h19-26H,9-18H2,1-8H3. The fourth-order valence-corrected chi connectivity index (χ4v) is 4.26. The Morgan fingerprint density at radius 3 is 0.789 bits per heavy atom. The predicted molar refractivity (Wildman–Crippen MR) is 145 cm³/mol. The normalized spacial score (nSPS) is 21.6. The molecule has 0 bridgehead atoms. The van der Waals surface area contributed by atoms with Crippen LogP contribution < -0.4 is 0 Å². The summed E-state index contributed by atoms with van der Waals surface area (Å²) in [5.74, 6) is -4.34. The van der Waals surface area contributed by atoms with Gasteiger partial charge in [-0.15, -0.1) is 0 Å². The van der Waals surface area contributed by atoms with Gasteiger partial charge in [0.05, 0.1) is 50.1 Å². The van der Waals surface area contributed by atoms with Crippen molar-refractivity contribution in [3.63, 3.8) is 0 Å². The number of rotatable bonds is 16. The van der Waals surface area contributed by atoms with Crippen molar-refractivity contribution in [2.75, 3.05) is 26.4 Å². The highest BCUT2D eigenvalue weighted by Gasteiger charge is 2.51. The van der Waals surface area contributed by atoms with Crippen molar-refractivity contribution in [1.82, 2.24) is 0 Å². The summed E-state index contributed by atoms with van der Waals surface area (Å²) in [6.07, 6.45) is 2.71. The molecule has 0 aliphatic heterocycles. The van der Waals surface area contributed by atoms with E-state index in [9.17, 15) is 19.2 Å². The maximum absolute atomic E-state index is 13.2. The highest BCUT2D eigenvalue weighted by atomic mass is 16.5. The second kappa shape index (κ2) is 17.5. The molecule has 8 nitrogen and oxygen atoms in total. The van der Waals surface area contributed by atoms with Crippen LogP contribution in [0.25, 0.3) is 0 Å². The molecule has 0 radical (unpaired) electrons. The molecule has 1 rings (SSSR count). The molecular formula is C30H52O8. The van der Waals surface area contributed by atoms with E-state index in [1.165, 1.54) is 0 Å². The molecule has 0 aromatic rings. The first-order valence-corrected chi connectivity index (χ1v) is 14.5. The third kappa shape index (κ3) is 12.6. The molecule has 0 spiro atoms. The van der Waals surface area contributed by atoms with Crippen LogP contribution in [-0.2, 0) is 38.1 Å². The van der Waals surface area contributed by atoms with E-state index in [1.54, 1.807) is 0 Å². The Morgan fingerprint density at radius 1 is 0.447 bits per heavy atom. The van der Waals surface area contributed by atoms with Crippen molar-refractivity contribution in [2.24, 2.45) is 47.3 Å². The fraction of sp³-hybridized carbons (Fsp3) is 0.867. The van der Waals surface area contributed by atoms with Crippen LogP contribution in [0.4, 0.5) is 0 Å². The van der Waals surface area contributed by atoms with Crippen molar-refractivity contribution in [3.8, 4) is 0 Å². The predicted octanol–water partition coefficient (Wildman–Crippen LogP) is 5.60. The molecule has 0 saturated heterocycles. The quantitative estimate of drug-likeness (QED) is 0.184. The minimum atomic E-state index is -0.893. The largest absolute Gasteiger partial charge is 0.465 e. The van der Waals surface area contributed by atoms with Crippen molar-refractivity contribution in [3.05, 3.63) is 0 Å². The summed E-state index contributed by atoms with van der Waals surface area (Å²) in [6, 6.07) is 0. The molecule has 1 aliphatic rings. The number of esters is 4. The van der Waals surface area contributed by atoms with Gasteiger partial charge in [-0.2, -0.15) is 0 Å². The summed E-state index contributed by atoms with van der Waals surface area (Å²) in [6.45, 7) is 17.2. The van der Waals surface area contributed by atoms with Crippen molar-refractivity contribution in [2.45, 2.75) is 93.9 Å². The van der Waals surface area contributed by atoms with Gasteiger partial charge in [-0.25, -0.2) is 0 Å². The lowest BCUT2D eigenvalue weighted by Crippen LogP contribution is -2.47. The number of hydrogen-bond donors (Lipinski definition) is 0. The van der Waals surface area contributed by atoms with Crippen molar-refractivity contribution in [1.29, 1.82) is 0 Å². The highest BCUT2D eigenvalue weighted by molar-refractivity contribution is 5.87. The molecule has 1 saturated carbocycles. The van der Waals surface area contributed by atoms with Gasteiger partial charge in [0, 0.05) is 0 Å². The fourth-order valence-electron chi connectivity index (χ4n) is 4.26. The average Bonchev–Trinajstić information content (AvgIpc) is 2.81. The zero-order valence-corrected chi connectivity index (χ0v) is 25.0. The Kier molecular flexibility index (Phi) is 15.6. The molecule has 0 aromatic carbocycles. The van der Waals surface area contributed by atoms with Crippen LogP contribution in [0.15, 0.2) is 0 Å². The van der Waals surface area contributed by atoms with Gasteiger partial charge in [0.25, 0.3) is 0 Å². The maximum atomic E-state index is 13.2. The number of hydrogen-bond acceptors (Lipinski definition) is 8. The van der Waals surface area contributed by atoms with Gasteiger partial charge in [0.15, 0.2) is 0 Å². The summed E-state index contributed by atoms with van der Waals surface area (Å²) >= 11 is 0. The lowest BCUT2D eigenvalue weighted by Gasteiger charge is -2.37. The van der Waals surface area contributed by atoms with E-state index in [1.807, 2.05) is 55.4 Å². The lowest BCUT2D eigenvalue weighted by atomic mass is 9.68. The van der Waals surface area contributed by atoms with E-state index < -0.39 is 47.5 Å². The van der Waals surface area contributed by atoms with Crippen LogP contribution in [0.3, 0.4) is 0 Å². The monoisotopic (exact) mass is 540 g/mol. The van der Waals surface area contributed by atoms with Crippen LogP contribution in [0.5, 0.6) is 0 Å². The zero-order valence-electron chi connectivity index (χ0n) is 25.0. The Bertz CT molecular complexity index is 621. The van der Waals surface area contributed by atoms with Crippen molar-refractivity contribution < 1.29 is 38.1 Å². The molecule has 0 heterocycles. The minimum Gasteiger partial charge on any atom is -0.465 e. The lowest BCUT2D eigenvalue weighted by molar-refractivity contribution is -0.176. The van der Waals surface area contributed by atoms with E-state index in [0.29, 0.717) is 49.4 Å². The van der Waals surface area contributed by atoms with Crippen molar-refractivity contribution >= 4 is 23.9 Å². The Labute approximate surface area is 229 Å². The first kappa shape index (κ1) is 33.9. The van der Waals surface area contributed by atoms with Crippen LogP contribution >= 0.6 is 0 Å². The smallest absolute Gasteiger partial charge is 0.309 e. The van der Waals surface area contributed by atoms with Gasteiger partial charge in [-0.3, -0.25) is 19.2 Å². The summed E-state index contributed by atoms with van der Waals surface area (Å²) in [4.78, 5) is 52.7. The van der Waals surface area contributed by atoms with Crippen LogP contribution in [-0.4, -0.2) is 50.3 Å². The van der Waals surface area contributed by atoms with Gasteiger partial charge < -0.3 is 18.9 Å². The second-order valence-electron chi connectivity index (χ2n) is 12.3. The molecular weight excluding hydrogens is 488 g/mol.